The first kappa shape index (κ1) is 29.3. The molecule has 4 N–H and O–H groups in total. The Bertz CT molecular complexity index is 851. The molecule has 0 aliphatic carbocycles. The summed E-state index contributed by atoms with van der Waals surface area (Å²) in [5.74, 6) is 0.688. The minimum absolute atomic E-state index is 0. The molecule has 0 bridgehead atoms. The summed E-state index contributed by atoms with van der Waals surface area (Å²) in [6.07, 6.45) is 3.62. The molecule has 35 heavy (non-hydrogen) atoms. The summed E-state index contributed by atoms with van der Waals surface area (Å²) in [7, 11) is 3.18. The number of nitrogens with one attached hydrogen (secondary N) is 2. The smallest absolute Gasteiger partial charge is 0.317 e. The van der Waals surface area contributed by atoms with Gasteiger partial charge in [0.2, 0.25) is 0 Å². The molecule has 0 aromatic heterocycles. The molecule has 0 spiro atoms. The van der Waals surface area contributed by atoms with Gasteiger partial charge in [-0.05, 0) is 37.7 Å². The molecule has 3 amide bonds. The number of urea groups is 1. The molecule has 2 heterocycles. The molecule has 2 saturated heterocycles. The minimum Gasteiger partial charge on any atom is -0.496 e. The summed E-state index contributed by atoms with van der Waals surface area (Å²) in [6, 6.07) is 3.04. The van der Waals surface area contributed by atoms with Crippen molar-refractivity contribution in [3.05, 3.63) is 22.7 Å². The van der Waals surface area contributed by atoms with Gasteiger partial charge in [0.15, 0.2) is 0 Å². The van der Waals surface area contributed by atoms with Crippen molar-refractivity contribution < 1.29 is 19.1 Å². The largest absolute Gasteiger partial charge is 0.496 e. The van der Waals surface area contributed by atoms with E-state index in [4.69, 9.17) is 26.8 Å². The van der Waals surface area contributed by atoms with E-state index in [1.54, 1.807) is 13.2 Å². The van der Waals surface area contributed by atoms with E-state index in [1.165, 1.54) is 13.2 Å². The number of likely N-dealkylation sites (tertiary alicyclic amines) is 2. The predicted octanol–water partition coefficient (Wildman–Crippen LogP) is 3.00. The van der Waals surface area contributed by atoms with Crippen molar-refractivity contribution in [2.75, 3.05) is 59.2 Å². The van der Waals surface area contributed by atoms with Crippen molar-refractivity contribution in [2.45, 2.75) is 44.8 Å². The number of nitrogens with zero attached hydrogens (tertiary/aromatic N) is 2. The van der Waals surface area contributed by atoms with Crippen LogP contribution in [0.15, 0.2) is 12.1 Å². The zero-order valence-electron chi connectivity index (χ0n) is 20.8. The molecule has 2 unspecified atom stereocenters. The van der Waals surface area contributed by atoms with Gasteiger partial charge in [-0.1, -0.05) is 18.5 Å². The van der Waals surface area contributed by atoms with Crippen LogP contribution in [0, 0.1) is 5.92 Å². The number of nitrogen functional groups attached to an aromatic ring is 1. The number of halogens is 2. The number of amides is 3. The van der Waals surface area contributed by atoms with Gasteiger partial charge in [0.05, 0.1) is 35.5 Å². The molecule has 9 nitrogen and oxygen atoms in total. The van der Waals surface area contributed by atoms with Gasteiger partial charge < -0.3 is 35.6 Å². The molecule has 2 aliphatic heterocycles. The number of ether oxygens (including phenoxy) is 2. The highest BCUT2D eigenvalue weighted by molar-refractivity contribution is 6.33. The minimum atomic E-state index is -0.257. The molecule has 0 saturated carbocycles. The van der Waals surface area contributed by atoms with E-state index < -0.39 is 0 Å². The Kier molecular flexibility index (Phi) is 11.7. The number of piperidine rings is 2. The molecule has 2 aliphatic rings. The zero-order valence-corrected chi connectivity index (χ0v) is 22.4. The number of carbonyl (C=O) groups is 2. The standard InChI is InChI=1S/C24H38ClN5O4.ClH/c1-4-8-27-24(32)30-10-5-16(6-11-30)14-29-9-7-20(22(15-29)34-3)28-23(31)17-12-18(25)19(26)13-21(17)33-2;/h12-13,16,20,22H,4-11,14-15,26H2,1-3H3,(H,27,32)(H,28,31);1H. The predicted molar refractivity (Wildman–Crippen MR) is 141 cm³/mol. The topological polar surface area (TPSA) is 109 Å². The van der Waals surface area contributed by atoms with Crippen molar-refractivity contribution in [1.29, 1.82) is 0 Å². The van der Waals surface area contributed by atoms with Gasteiger partial charge in [-0.25, -0.2) is 4.79 Å². The molecule has 11 heteroatoms. The lowest BCUT2D eigenvalue weighted by molar-refractivity contribution is -0.000629. The molecule has 2 fully saturated rings. The number of methoxy groups -OCH3 is 2. The van der Waals surface area contributed by atoms with E-state index in [0.717, 1.165) is 65.0 Å². The number of hydrogen-bond acceptors (Lipinski definition) is 6. The maximum absolute atomic E-state index is 13.0. The molecule has 3 rings (SSSR count). The van der Waals surface area contributed by atoms with E-state index >= 15 is 0 Å². The first-order chi connectivity index (χ1) is 16.4. The van der Waals surface area contributed by atoms with Crippen LogP contribution in [0.3, 0.4) is 0 Å². The Morgan fingerprint density at radius 1 is 1.17 bits per heavy atom. The van der Waals surface area contributed by atoms with Crippen molar-refractivity contribution in [3.63, 3.8) is 0 Å². The summed E-state index contributed by atoms with van der Waals surface area (Å²) in [5, 5.41) is 6.37. The van der Waals surface area contributed by atoms with Crippen molar-refractivity contribution >= 4 is 41.6 Å². The lowest BCUT2D eigenvalue weighted by Gasteiger charge is -2.41. The van der Waals surface area contributed by atoms with Gasteiger partial charge in [-0.15, -0.1) is 12.4 Å². The van der Waals surface area contributed by atoms with E-state index in [1.807, 2.05) is 4.90 Å². The van der Waals surface area contributed by atoms with Crippen LogP contribution in [0.25, 0.3) is 0 Å². The fourth-order valence-corrected chi connectivity index (χ4v) is 4.90. The lowest BCUT2D eigenvalue weighted by atomic mass is 9.94. The molecular formula is C24H39Cl2N5O4. The quantitative estimate of drug-likeness (QED) is 0.445. The second-order valence-corrected chi connectivity index (χ2v) is 9.55. The number of carbonyl (C=O) groups excluding carboxylic acids is 2. The number of anilines is 1. The van der Waals surface area contributed by atoms with Crippen LogP contribution in [0.5, 0.6) is 5.75 Å². The highest BCUT2D eigenvalue weighted by Gasteiger charge is 2.33. The normalized spacial score (nSPS) is 21.2. The van der Waals surface area contributed by atoms with Crippen molar-refractivity contribution in [1.82, 2.24) is 20.4 Å². The number of nitrogens with two attached hydrogens (primary N) is 1. The second-order valence-electron chi connectivity index (χ2n) is 9.14. The van der Waals surface area contributed by atoms with Crippen LogP contribution in [0.2, 0.25) is 5.02 Å². The molecule has 198 valence electrons. The monoisotopic (exact) mass is 531 g/mol. The van der Waals surface area contributed by atoms with Crippen molar-refractivity contribution in [3.8, 4) is 5.75 Å². The highest BCUT2D eigenvalue weighted by atomic mass is 35.5. The third-order valence-corrected chi connectivity index (χ3v) is 7.10. The molecule has 1 aromatic carbocycles. The average molecular weight is 533 g/mol. The summed E-state index contributed by atoms with van der Waals surface area (Å²) >= 11 is 6.13. The Balaban J connectivity index is 0.00000432. The summed E-state index contributed by atoms with van der Waals surface area (Å²) in [5.41, 5.74) is 6.56. The van der Waals surface area contributed by atoms with E-state index in [-0.39, 0.29) is 36.5 Å². The number of benzene rings is 1. The average Bonchev–Trinajstić information content (AvgIpc) is 2.85. The van der Waals surface area contributed by atoms with Gasteiger partial charge >= 0.3 is 6.03 Å². The molecule has 0 radical (unpaired) electrons. The maximum atomic E-state index is 13.0. The van der Waals surface area contributed by atoms with Crippen LogP contribution in [-0.4, -0.2) is 87.4 Å². The Labute approximate surface area is 219 Å². The van der Waals surface area contributed by atoms with Crippen LogP contribution < -0.4 is 21.1 Å². The number of rotatable bonds is 8. The Morgan fingerprint density at radius 3 is 2.51 bits per heavy atom. The van der Waals surface area contributed by atoms with Crippen LogP contribution in [-0.2, 0) is 4.74 Å². The van der Waals surface area contributed by atoms with Gasteiger partial charge in [0.25, 0.3) is 5.91 Å². The first-order valence-electron chi connectivity index (χ1n) is 12.1. The van der Waals surface area contributed by atoms with Crippen LogP contribution in [0.4, 0.5) is 10.5 Å². The zero-order chi connectivity index (χ0) is 24.7. The van der Waals surface area contributed by atoms with Gasteiger partial charge in [0.1, 0.15) is 5.75 Å². The molecule has 1 aromatic rings. The summed E-state index contributed by atoms with van der Waals surface area (Å²) in [6.45, 7) is 6.98. The SMILES string of the molecule is CCCNC(=O)N1CCC(CN2CCC(NC(=O)c3cc(Cl)c(N)cc3OC)C(OC)C2)CC1.Cl. The van der Waals surface area contributed by atoms with Crippen molar-refractivity contribution in [2.24, 2.45) is 5.92 Å². The van der Waals surface area contributed by atoms with Crippen LogP contribution in [0.1, 0.15) is 43.0 Å². The third-order valence-electron chi connectivity index (χ3n) is 6.77. The summed E-state index contributed by atoms with van der Waals surface area (Å²) < 4.78 is 11.1. The third kappa shape index (κ3) is 7.77. The maximum Gasteiger partial charge on any atom is 0.317 e. The Hall–Kier alpha value is -1.94. The fraction of sp³-hybridized carbons (Fsp3) is 0.667. The van der Waals surface area contributed by atoms with Gasteiger partial charge in [-0.3, -0.25) is 4.79 Å². The number of hydrogen-bond donors (Lipinski definition) is 3. The lowest BCUT2D eigenvalue weighted by Crippen LogP contribution is -2.56. The van der Waals surface area contributed by atoms with E-state index in [0.29, 0.717) is 27.9 Å². The van der Waals surface area contributed by atoms with E-state index in [2.05, 4.69) is 22.5 Å². The fourth-order valence-electron chi connectivity index (χ4n) is 4.74. The second kappa shape index (κ2) is 14.0. The van der Waals surface area contributed by atoms with Gasteiger partial charge in [-0.2, -0.15) is 0 Å². The molecular weight excluding hydrogens is 493 g/mol. The highest BCUT2D eigenvalue weighted by Crippen LogP contribution is 2.29. The van der Waals surface area contributed by atoms with E-state index in [9.17, 15) is 9.59 Å². The first-order valence-corrected chi connectivity index (χ1v) is 12.5. The van der Waals surface area contributed by atoms with Crippen LogP contribution >= 0.6 is 24.0 Å². The molecule has 2 atom stereocenters. The van der Waals surface area contributed by atoms with Gasteiger partial charge in [0, 0.05) is 52.4 Å². The Morgan fingerprint density at radius 2 is 1.89 bits per heavy atom. The summed E-state index contributed by atoms with van der Waals surface area (Å²) in [4.78, 5) is 29.5.